The van der Waals surface area contributed by atoms with Gasteiger partial charge in [-0.05, 0) is 55.8 Å². The molecule has 0 bridgehead atoms. The molecule has 1 N–H and O–H groups in total. The van der Waals surface area contributed by atoms with Gasteiger partial charge in [0, 0.05) is 17.2 Å². The fourth-order valence-corrected chi connectivity index (χ4v) is 2.05. The standard InChI is InChI=1S/C17H17N3O4/c1-3-24-15-7-4-13(5-8-15)11-18-19-17(21)14-6-9-16(20(22)23)12(2)10-14/h4-11H,3H2,1-2H3,(H,19,21)/b18-11+. The molecule has 0 aliphatic rings. The van der Waals surface area contributed by atoms with Gasteiger partial charge in [-0.15, -0.1) is 0 Å². The molecule has 0 saturated heterocycles. The Kier molecular flexibility index (Phi) is 5.62. The van der Waals surface area contributed by atoms with Crippen LogP contribution in [0.2, 0.25) is 0 Å². The molecule has 124 valence electrons. The van der Waals surface area contributed by atoms with E-state index in [-0.39, 0.29) is 5.69 Å². The van der Waals surface area contributed by atoms with Gasteiger partial charge in [0.15, 0.2) is 0 Å². The molecule has 2 aromatic rings. The van der Waals surface area contributed by atoms with Crippen LogP contribution in [0.1, 0.15) is 28.4 Å². The van der Waals surface area contributed by atoms with Gasteiger partial charge in [0.2, 0.25) is 0 Å². The number of hydrogen-bond acceptors (Lipinski definition) is 5. The van der Waals surface area contributed by atoms with E-state index in [4.69, 9.17) is 4.74 Å². The van der Waals surface area contributed by atoms with E-state index in [1.54, 1.807) is 6.92 Å². The highest BCUT2D eigenvalue weighted by molar-refractivity contribution is 5.95. The number of aryl methyl sites for hydroxylation is 1. The lowest BCUT2D eigenvalue weighted by Gasteiger charge is -2.03. The van der Waals surface area contributed by atoms with Crippen LogP contribution >= 0.6 is 0 Å². The molecule has 1 amide bonds. The maximum absolute atomic E-state index is 12.0. The van der Waals surface area contributed by atoms with Crippen molar-refractivity contribution in [2.45, 2.75) is 13.8 Å². The number of nitrogens with one attached hydrogen (secondary N) is 1. The minimum absolute atomic E-state index is 0.0237. The van der Waals surface area contributed by atoms with Gasteiger partial charge in [-0.3, -0.25) is 14.9 Å². The third kappa shape index (κ3) is 4.39. The second-order valence-electron chi connectivity index (χ2n) is 4.96. The van der Waals surface area contributed by atoms with E-state index >= 15 is 0 Å². The summed E-state index contributed by atoms with van der Waals surface area (Å²) in [4.78, 5) is 22.3. The molecule has 0 atom stereocenters. The van der Waals surface area contributed by atoms with Gasteiger partial charge in [-0.1, -0.05) is 0 Å². The molecule has 0 aromatic heterocycles. The predicted octanol–water partition coefficient (Wildman–Crippen LogP) is 3.07. The van der Waals surface area contributed by atoms with Crippen molar-refractivity contribution < 1.29 is 14.5 Å². The summed E-state index contributed by atoms with van der Waals surface area (Å²) in [7, 11) is 0. The van der Waals surface area contributed by atoms with Crippen LogP contribution in [0, 0.1) is 17.0 Å². The summed E-state index contributed by atoms with van der Waals surface area (Å²) in [6.45, 7) is 4.08. The van der Waals surface area contributed by atoms with Crippen LogP contribution in [-0.4, -0.2) is 23.7 Å². The molecule has 0 radical (unpaired) electrons. The topological polar surface area (TPSA) is 93.8 Å². The lowest BCUT2D eigenvalue weighted by atomic mass is 10.1. The summed E-state index contributed by atoms with van der Waals surface area (Å²) in [5, 5.41) is 14.7. The summed E-state index contributed by atoms with van der Waals surface area (Å²) >= 11 is 0. The maximum atomic E-state index is 12.0. The van der Waals surface area contributed by atoms with Gasteiger partial charge in [-0.2, -0.15) is 5.10 Å². The number of carbonyl (C=O) groups is 1. The highest BCUT2D eigenvalue weighted by atomic mass is 16.6. The Hall–Kier alpha value is -3.22. The van der Waals surface area contributed by atoms with Crippen molar-refractivity contribution in [2.24, 2.45) is 5.10 Å². The normalized spacial score (nSPS) is 10.6. The van der Waals surface area contributed by atoms with E-state index in [2.05, 4.69) is 10.5 Å². The molecule has 0 fully saturated rings. The van der Waals surface area contributed by atoms with Crippen LogP contribution in [0.25, 0.3) is 0 Å². The van der Waals surface area contributed by atoms with Crippen LogP contribution in [0.5, 0.6) is 5.75 Å². The summed E-state index contributed by atoms with van der Waals surface area (Å²) in [5.41, 5.74) is 3.90. The number of nitrogens with zero attached hydrogens (tertiary/aromatic N) is 2. The summed E-state index contributed by atoms with van der Waals surface area (Å²) in [5.74, 6) is 0.329. The Balaban J connectivity index is 1.99. The average molecular weight is 327 g/mol. The van der Waals surface area contributed by atoms with E-state index in [1.807, 2.05) is 31.2 Å². The van der Waals surface area contributed by atoms with Crippen molar-refractivity contribution in [2.75, 3.05) is 6.61 Å². The molecule has 2 aromatic carbocycles. The van der Waals surface area contributed by atoms with Crippen molar-refractivity contribution in [3.05, 3.63) is 69.3 Å². The highest BCUT2D eigenvalue weighted by Crippen LogP contribution is 2.18. The van der Waals surface area contributed by atoms with E-state index in [9.17, 15) is 14.9 Å². The molecule has 7 heteroatoms. The lowest BCUT2D eigenvalue weighted by Crippen LogP contribution is -2.17. The van der Waals surface area contributed by atoms with Crippen molar-refractivity contribution in [1.82, 2.24) is 5.43 Å². The zero-order valence-corrected chi connectivity index (χ0v) is 13.4. The molecule has 0 saturated carbocycles. The summed E-state index contributed by atoms with van der Waals surface area (Å²) < 4.78 is 5.34. The van der Waals surface area contributed by atoms with Crippen LogP contribution in [-0.2, 0) is 0 Å². The first-order chi connectivity index (χ1) is 11.5. The van der Waals surface area contributed by atoms with Gasteiger partial charge < -0.3 is 4.74 Å². The van der Waals surface area contributed by atoms with Gasteiger partial charge in [0.25, 0.3) is 11.6 Å². The van der Waals surface area contributed by atoms with Crippen molar-refractivity contribution in [3.8, 4) is 5.75 Å². The number of benzene rings is 2. The molecule has 0 aliphatic heterocycles. The Labute approximate surface area is 139 Å². The second kappa shape index (κ2) is 7.87. The van der Waals surface area contributed by atoms with Crippen molar-refractivity contribution >= 4 is 17.8 Å². The number of amides is 1. The third-order valence-electron chi connectivity index (χ3n) is 3.23. The van der Waals surface area contributed by atoms with Crippen LogP contribution in [0.4, 0.5) is 5.69 Å². The first-order valence-electron chi connectivity index (χ1n) is 7.32. The van der Waals surface area contributed by atoms with E-state index < -0.39 is 10.8 Å². The van der Waals surface area contributed by atoms with Crippen LogP contribution < -0.4 is 10.2 Å². The molecule has 0 unspecified atom stereocenters. The molecule has 0 spiro atoms. The maximum Gasteiger partial charge on any atom is 0.272 e. The van der Waals surface area contributed by atoms with E-state index in [1.165, 1.54) is 24.4 Å². The molecular weight excluding hydrogens is 310 g/mol. The molecule has 7 nitrogen and oxygen atoms in total. The number of hydrogen-bond donors (Lipinski definition) is 1. The first kappa shape index (κ1) is 17.1. The van der Waals surface area contributed by atoms with Crippen molar-refractivity contribution in [1.29, 1.82) is 0 Å². The quantitative estimate of drug-likeness (QED) is 0.501. The SMILES string of the molecule is CCOc1ccc(/C=N/NC(=O)c2ccc([N+](=O)[O-])c(C)c2)cc1. The van der Waals surface area contributed by atoms with Crippen molar-refractivity contribution in [3.63, 3.8) is 0 Å². The number of ether oxygens (including phenoxy) is 1. The average Bonchev–Trinajstić information content (AvgIpc) is 2.56. The first-order valence-corrected chi connectivity index (χ1v) is 7.32. The Morgan fingerprint density at radius 3 is 2.58 bits per heavy atom. The Bertz CT molecular complexity index is 770. The minimum Gasteiger partial charge on any atom is -0.494 e. The van der Waals surface area contributed by atoms with Gasteiger partial charge in [0.1, 0.15) is 5.75 Å². The van der Waals surface area contributed by atoms with E-state index in [0.717, 1.165) is 11.3 Å². The van der Waals surface area contributed by atoms with Gasteiger partial charge in [-0.25, -0.2) is 5.43 Å². The van der Waals surface area contributed by atoms with Crippen LogP contribution in [0.15, 0.2) is 47.6 Å². The molecule has 2 rings (SSSR count). The van der Waals surface area contributed by atoms with E-state index in [0.29, 0.717) is 17.7 Å². The van der Waals surface area contributed by atoms with Gasteiger partial charge >= 0.3 is 0 Å². The highest BCUT2D eigenvalue weighted by Gasteiger charge is 2.13. The smallest absolute Gasteiger partial charge is 0.272 e. The third-order valence-corrected chi connectivity index (χ3v) is 3.23. The molecule has 0 aliphatic carbocycles. The number of rotatable bonds is 6. The fourth-order valence-electron chi connectivity index (χ4n) is 2.05. The largest absolute Gasteiger partial charge is 0.494 e. The zero-order chi connectivity index (χ0) is 17.5. The molecular formula is C17H17N3O4. The lowest BCUT2D eigenvalue weighted by molar-refractivity contribution is -0.385. The number of carbonyl (C=O) groups excluding carboxylic acids is 1. The molecule has 0 heterocycles. The van der Waals surface area contributed by atoms with Gasteiger partial charge in [0.05, 0.1) is 17.7 Å². The predicted molar refractivity (Wildman–Crippen MR) is 90.5 cm³/mol. The second-order valence-corrected chi connectivity index (χ2v) is 4.96. The number of hydrazone groups is 1. The summed E-state index contributed by atoms with van der Waals surface area (Å²) in [6, 6.07) is 11.4. The number of nitro groups is 1. The number of nitro benzene ring substituents is 1. The monoisotopic (exact) mass is 327 g/mol. The van der Waals surface area contributed by atoms with Crippen LogP contribution in [0.3, 0.4) is 0 Å². The minimum atomic E-state index is -0.485. The molecule has 24 heavy (non-hydrogen) atoms. The summed E-state index contributed by atoms with van der Waals surface area (Å²) in [6.07, 6.45) is 1.51. The Morgan fingerprint density at radius 2 is 2.00 bits per heavy atom. The zero-order valence-electron chi connectivity index (χ0n) is 13.4. The fraction of sp³-hybridized carbons (Fsp3) is 0.176. The Morgan fingerprint density at radius 1 is 1.29 bits per heavy atom.